The molecule has 0 unspecified atom stereocenters. The Hall–Kier alpha value is -1.03. The predicted molar refractivity (Wildman–Crippen MR) is 30.1 cm³/mol. The SMILES string of the molecule is CC(O)=C(CO)C(=O)O. The third-order valence-electron chi connectivity index (χ3n) is 0.853. The maximum atomic E-state index is 9.99. The Morgan fingerprint density at radius 1 is 1.44 bits per heavy atom. The third-order valence-corrected chi connectivity index (χ3v) is 0.853. The van der Waals surface area contributed by atoms with Gasteiger partial charge in [0.05, 0.1) is 12.2 Å². The van der Waals surface area contributed by atoms with Crippen molar-refractivity contribution in [3.05, 3.63) is 11.3 Å². The van der Waals surface area contributed by atoms with Crippen LogP contribution in [0.2, 0.25) is 0 Å². The molecule has 3 N–H and O–H groups in total. The van der Waals surface area contributed by atoms with Crippen LogP contribution in [-0.4, -0.2) is 27.9 Å². The first-order valence-corrected chi connectivity index (χ1v) is 2.32. The van der Waals surface area contributed by atoms with E-state index in [2.05, 4.69) is 0 Å². The van der Waals surface area contributed by atoms with Gasteiger partial charge in [-0.05, 0) is 6.92 Å². The number of allylic oxidation sites excluding steroid dienone is 1. The van der Waals surface area contributed by atoms with Gasteiger partial charge < -0.3 is 15.3 Å². The molecule has 0 aromatic carbocycles. The molecule has 0 fully saturated rings. The highest BCUT2D eigenvalue weighted by Crippen LogP contribution is 1.98. The number of aliphatic hydroxyl groups is 2. The summed E-state index contributed by atoms with van der Waals surface area (Å²) in [5.74, 6) is -1.65. The molecule has 9 heavy (non-hydrogen) atoms. The van der Waals surface area contributed by atoms with Crippen LogP contribution in [0, 0.1) is 0 Å². The van der Waals surface area contributed by atoms with Crippen molar-refractivity contribution in [1.82, 2.24) is 0 Å². The van der Waals surface area contributed by atoms with Crippen molar-refractivity contribution in [2.24, 2.45) is 0 Å². The molecule has 4 nitrogen and oxygen atoms in total. The Balaban J connectivity index is 4.35. The van der Waals surface area contributed by atoms with Crippen LogP contribution in [0.15, 0.2) is 11.3 Å². The maximum Gasteiger partial charge on any atom is 0.337 e. The maximum absolute atomic E-state index is 9.99. The van der Waals surface area contributed by atoms with E-state index in [1.165, 1.54) is 6.92 Å². The zero-order chi connectivity index (χ0) is 7.44. The summed E-state index contributed by atoms with van der Waals surface area (Å²) in [6.07, 6.45) is 0. The number of hydrogen-bond acceptors (Lipinski definition) is 3. The van der Waals surface area contributed by atoms with E-state index >= 15 is 0 Å². The Kier molecular flexibility index (Phi) is 2.73. The molecule has 0 aliphatic carbocycles. The highest BCUT2D eigenvalue weighted by atomic mass is 16.4. The van der Waals surface area contributed by atoms with Crippen LogP contribution in [0.5, 0.6) is 0 Å². The van der Waals surface area contributed by atoms with Crippen molar-refractivity contribution in [2.45, 2.75) is 6.92 Å². The van der Waals surface area contributed by atoms with Crippen LogP contribution in [0.25, 0.3) is 0 Å². The molecule has 0 amide bonds. The zero-order valence-corrected chi connectivity index (χ0v) is 4.96. The summed E-state index contributed by atoms with van der Waals surface area (Å²) < 4.78 is 0. The van der Waals surface area contributed by atoms with Crippen LogP contribution < -0.4 is 0 Å². The first-order valence-electron chi connectivity index (χ1n) is 2.32. The zero-order valence-electron chi connectivity index (χ0n) is 4.96. The summed E-state index contributed by atoms with van der Waals surface area (Å²) in [4.78, 5) is 9.99. The van der Waals surface area contributed by atoms with Crippen LogP contribution in [-0.2, 0) is 4.79 Å². The molecule has 0 rings (SSSR count). The number of carbonyl (C=O) groups is 1. The second-order valence-corrected chi connectivity index (χ2v) is 1.53. The molecule has 0 aliphatic heterocycles. The first-order chi connectivity index (χ1) is 4.09. The molecular formula is C5H8O4. The number of hydrogen-bond donors (Lipinski definition) is 3. The topological polar surface area (TPSA) is 77.8 Å². The minimum Gasteiger partial charge on any atom is -0.512 e. The number of carboxylic acid groups (broad SMARTS) is 1. The summed E-state index contributed by atoms with van der Waals surface area (Å²) in [6, 6.07) is 0. The van der Waals surface area contributed by atoms with Crippen molar-refractivity contribution < 1.29 is 20.1 Å². The average Bonchev–Trinajstić information content (AvgIpc) is 1.64. The third kappa shape index (κ3) is 2.14. The van der Waals surface area contributed by atoms with E-state index in [-0.39, 0.29) is 11.3 Å². The smallest absolute Gasteiger partial charge is 0.337 e. The molecule has 0 saturated carbocycles. The molecule has 0 spiro atoms. The normalized spacial score (nSPS) is 12.7. The van der Waals surface area contributed by atoms with Gasteiger partial charge in [0.15, 0.2) is 0 Å². The van der Waals surface area contributed by atoms with Gasteiger partial charge in [-0.3, -0.25) is 0 Å². The molecule has 0 radical (unpaired) electrons. The van der Waals surface area contributed by atoms with Gasteiger partial charge in [-0.2, -0.15) is 0 Å². The lowest BCUT2D eigenvalue weighted by Crippen LogP contribution is -2.07. The van der Waals surface area contributed by atoms with E-state index in [1.807, 2.05) is 0 Å². The van der Waals surface area contributed by atoms with Crippen LogP contribution in [0.4, 0.5) is 0 Å². The molecule has 0 atom stereocenters. The second-order valence-electron chi connectivity index (χ2n) is 1.53. The Bertz CT molecular complexity index is 143. The molecule has 52 valence electrons. The Morgan fingerprint density at radius 3 is 1.89 bits per heavy atom. The molecule has 0 heterocycles. The summed E-state index contributed by atoms with van der Waals surface area (Å²) in [5, 5.41) is 25.0. The van der Waals surface area contributed by atoms with E-state index in [4.69, 9.17) is 15.3 Å². The summed E-state index contributed by atoms with van der Waals surface area (Å²) >= 11 is 0. The van der Waals surface area contributed by atoms with E-state index < -0.39 is 12.6 Å². The van der Waals surface area contributed by atoms with Gasteiger partial charge >= 0.3 is 5.97 Å². The van der Waals surface area contributed by atoms with Gasteiger partial charge in [-0.25, -0.2) is 4.79 Å². The fourth-order valence-corrected chi connectivity index (χ4v) is 0.337. The van der Waals surface area contributed by atoms with Crippen molar-refractivity contribution in [3.63, 3.8) is 0 Å². The number of carboxylic acids is 1. The van der Waals surface area contributed by atoms with Crippen molar-refractivity contribution >= 4 is 5.97 Å². The standard InChI is InChI=1S/C5H8O4/c1-3(7)4(2-6)5(8)9/h6-7H,2H2,1H3,(H,8,9). The van der Waals surface area contributed by atoms with Gasteiger partial charge in [0.2, 0.25) is 0 Å². The van der Waals surface area contributed by atoms with Crippen molar-refractivity contribution in [3.8, 4) is 0 Å². The minimum atomic E-state index is -1.29. The van der Waals surface area contributed by atoms with Crippen LogP contribution in [0.1, 0.15) is 6.92 Å². The highest BCUT2D eigenvalue weighted by Gasteiger charge is 2.08. The summed E-state index contributed by atoms with van der Waals surface area (Å²) in [7, 11) is 0. The monoisotopic (exact) mass is 132 g/mol. The van der Waals surface area contributed by atoms with E-state index in [1.54, 1.807) is 0 Å². The first kappa shape index (κ1) is 7.97. The Labute approximate surface area is 52.1 Å². The average molecular weight is 132 g/mol. The van der Waals surface area contributed by atoms with Crippen LogP contribution >= 0.6 is 0 Å². The molecule has 0 saturated heterocycles. The summed E-state index contributed by atoms with van der Waals surface area (Å²) in [6.45, 7) is 0.567. The van der Waals surface area contributed by atoms with Gasteiger partial charge in [0.1, 0.15) is 5.76 Å². The molecule has 0 aromatic rings. The van der Waals surface area contributed by atoms with Gasteiger partial charge in [-0.1, -0.05) is 0 Å². The fraction of sp³-hybridized carbons (Fsp3) is 0.400. The van der Waals surface area contributed by atoms with Crippen LogP contribution in [0.3, 0.4) is 0 Å². The van der Waals surface area contributed by atoms with E-state index in [0.29, 0.717) is 0 Å². The van der Waals surface area contributed by atoms with E-state index in [9.17, 15) is 4.79 Å². The van der Waals surface area contributed by atoms with Gasteiger partial charge in [0.25, 0.3) is 0 Å². The largest absolute Gasteiger partial charge is 0.512 e. The highest BCUT2D eigenvalue weighted by molar-refractivity contribution is 5.87. The Morgan fingerprint density at radius 2 is 1.89 bits per heavy atom. The number of aliphatic carboxylic acids is 1. The minimum absolute atomic E-state index is 0.356. The fourth-order valence-electron chi connectivity index (χ4n) is 0.337. The molecule has 0 aromatic heterocycles. The van der Waals surface area contributed by atoms with E-state index in [0.717, 1.165) is 0 Å². The van der Waals surface area contributed by atoms with Crippen molar-refractivity contribution in [1.29, 1.82) is 0 Å². The van der Waals surface area contributed by atoms with Crippen molar-refractivity contribution in [2.75, 3.05) is 6.61 Å². The lowest BCUT2D eigenvalue weighted by molar-refractivity contribution is -0.133. The lowest BCUT2D eigenvalue weighted by Gasteiger charge is -1.96. The molecule has 0 aliphatic rings. The molecule has 0 bridgehead atoms. The number of aliphatic hydroxyl groups excluding tert-OH is 2. The van der Waals surface area contributed by atoms with Gasteiger partial charge in [0, 0.05) is 0 Å². The predicted octanol–water partition coefficient (Wildman–Crippen LogP) is -0.105. The second kappa shape index (κ2) is 3.09. The summed E-state index contributed by atoms with van der Waals surface area (Å²) in [5.41, 5.74) is -0.366. The lowest BCUT2D eigenvalue weighted by atomic mass is 10.2. The quantitative estimate of drug-likeness (QED) is 0.362. The molecule has 4 heteroatoms. The number of rotatable bonds is 2. The van der Waals surface area contributed by atoms with Gasteiger partial charge in [-0.15, -0.1) is 0 Å². The molecular weight excluding hydrogens is 124 g/mol.